The van der Waals surface area contributed by atoms with Gasteiger partial charge in [0.2, 0.25) is 0 Å². The third-order valence-electron chi connectivity index (χ3n) is 2.80. The quantitative estimate of drug-likeness (QED) is 0.571. The molecule has 1 heterocycles. The highest BCUT2D eigenvalue weighted by molar-refractivity contribution is 7.16. The summed E-state index contributed by atoms with van der Waals surface area (Å²) in [4.78, 5) is 12.8. The molecule has 2 rings (SSSR count). The van der Waals surface area contributed by atoms with Gasteiger partial charge in [-0.15, -0.1) is 11.3 Å². The van der Waals surface area contributed by atoms with E-state index >= 15 is 0 Å². The van der Waals surface area contributed by atoms with Crippen LogP contribution in [0.3, 0.4) is 0 Å². The monoisotopic (exact) mass is 209 g/mol. The van der Waals surface area contributed by atoms with E-state index in [1.165, 1.54) is 29.7 Å². The molecule has 0 amide bonds. The van der Waals surface area contributed by atoms with Gasteiger partial charge in [-0.2, -0.15) is 0 Å². The van der Waals surface area contributed by atoms with Crippen molar-refractivity contribution in [2.24, 2.45) is 0 Å². The first kappa shape index (κ1) is 9.71. The first-order valence-corrected chi connectivity index (χ1v) is 5.92. The minimum absolute atomic E-state index is 0.127. The molecule has 0 atom stereocenters. The van der Waals surface area contributed by atoms with E-state index in [-0.39, 0.29) is 5.78 Å². The second kappa shape index (κ2) is 3.73. The van der Waals surface area contributed by atoms with Crippen molar-refractivity contribution in [3.63, 3.8) is 0 Å². The fourth-order valence-corrected chi connectivity index (χ4v) is 3.36. The molecule has 1 aromatic rings. The lowest BCUT2D eigenvalue weighted by Gasteiger charge is -2.00. The maximum Gasteiger partial charge on any atom is 0.163 e. The number of hydrogen-bond donors (Lipinski definition) is 1. The van der Waals surface area contributed by atoms with Gasteiger partial charge < -0.3 is 5.73 Å². The van der Waals surface area contributed by atoms with Gasteiger partial charge >= 0.3 is 0 Å². The molecule has 1 aliphatic rings. The molecule has 0 aliphatic heterocycles. The van der Waals surface area contributed by atoms with Crippen LogP contribution in [0.2, 0.25) is 0 Å². The summed E-state index contributed by atoms with van der Waals surface area (Å²) < 4.78 is 0. The van der Waals surface area contributed by atoms with E-state index in [0.717, 1.165) is 23.4 Å². The van der Waals surface area contributed by atoms with Crippen LogP contribution in [0.4, 0.5) is 5.00 Å². The summed E-state index contributed by atoms with van der Waals surface area (Å²) in [6.45, 7) is 1.61. The smallest absolute Gasteiger partial charge is 0.163 e. The minimum Gasteiger partial charge on any atom is -0.390 e. The molecule has 0 aromatic carbocycles. The van der Waals surface area contributed by atoms with Crippen molar-refractivity contribution in [2.75, 3.05) is 5.73 Å². The normalized spacial score (nSPS) is 16.1. The van der Waals surface area contributed by atoms with Crippen LogP contribution in [0.15, 0.2) is 0 Å². The predicted octanol–water partition coefficient (Wildman–Crippen LogP) is 2.80. The van der Waals surface area contributed by atoms with Gasteiger partial charge in [0.15, 0.2) is 5.78 Å². The Hall–Kier alpha value is -0.830. The largest absolute Gasteiger partial charge is 0.390 e. The zero-order valence-electron chi connectivity index (χ0n) is 8.43. The molecule has 3 heteroatoms. The highest BCUT2D eigenvalue weighted by Crippen LogP contribution is 2.35. The molecule has 76 valence electrons. The number of nitrogens with two attached hydrogens (primary N) is 1. The lowest BCUT2D eigenvalue weighted by Crippen LogP contribution is -2.00. The molecule has 0 bridgehead atoms. The fourth-order valence-electron chi connectivity index (χ4n) is 2.15. The van der Waals surface area contributed by atoms with Crippen molar-refractivity contribution >= 4 is 22.1 Å². The van der Waals surface area contributed by atoms with Crippen molar-refractivity contribution < 1.29 is 4.79 Å². The number of thiophene rings is 1. The van der Waals surface area contributed by atoms with E-state index in [2.05, 4.69) is 0 Å². The highest BCUT2D eigenvalue weighted by atomic mass is 32.1. The fraction of sp³-hybridized carbons (Fsp3) is 0.545. The summed E-state index contributed by atoms with van der Waals surface area (Å²) in [5.41, 5.74) is 7.93. The molecule has 0 saturated heterocycles. The number of carbonyl (C=O) groups excluding carboxylic acids is 1. The van der Waals surface area contributed by atoms with E-state index in [9.17, 15) is 4.79 Å². The zero-order valence-corrected chi connectivity index (χ0v) is 9.25. The molecule has 2 nitrogen and oxygen atoms in total. The summed E-state index contributed by atoms with van der Waals surface area (Å²) >= 11 is 1.62. The van der Waals surface area contributed by atoms with Crippen LogP contribution >= 0.6 is 11.3 Å². The highest BCUT2D eigenvalue weighted by Gasteiger charge is 2.20. The van der Waals surface area contributed by atoms with E-state index < -0.39 is 0 Å². The van der Waals surface area contributed by atoms with Crippen LogP contribution in [0, 0.1) is 0 Å². The van der Waals surface area contributed by atoms with Crippen LogP contribution < -0.4 is 5.73 Å². The summed E-state index contributed by atoms with van der Waals surface area (Å²) in [7, 11) is 0. The number of rotatable bonds is 1. The lowest BCUT2D eigenvalue weighted by molar-refractivity contribution is 0.101. The zero-order chi connectivity index (χ0) is 10.1. The number of aryl methyl sites for hydroxylation is 1. The topological polar surface area (TPSA) is 43.1 Å². The average molecular weight is 209 g/mol. The van der Waals surface area contributed by atoms with Gasteiger partial charge in [-0.1, -0.05) is 6.42 Å². The lowest BCUT2D eigenvalue weighted by atomic mass is 10.0. The van der Waals surface area contributed by atoms with Crippen LogP contribution in [0.25, 0.3) is 0 Å². The van der Waals surface area contributed by atoms with E-state index in [1.807, 2.05) is 0 Å². The molecule has 0 spiro atoms. The summed E-state index contributed by atoms with van der Waals surface area (Å²) in [6.07, 6.45) is 5.86. The van der Waals surface area contributed by atoms with Crippen LogP contribution in [0.1, 0.15) is 47.0 Å². The average Bonchev–Trinajstić information content (AvgIpc) is 2.31. The number of fused-ring (bicyclic) bond motifs is 1. The van der Waals surface area contributed by atoms with E-state index in [0.29, 0.717) is 0 Å². The van der Waals surface area contributed by atoms with Gasteiger partial charge in [-0.25, -0.2) is 0 Å². The summed E-state index contributed by atoms with van der Waals surface area (Å²) in [5.74, 6) is 0.127. The van der Waals surface area contributed by atoms with Crippen molar-refractivity contribution in [1.82, 2.24) is 0 Å². The third-order valence-corrected chi connectivity index (χ3v) is 3.92. The molecule has 2 N–H and O–H groups in total. The maximum atomic E-state index is 11.4. The van der Waals surface area contributed by atoms with Crippen LogP contribution in [-0.2, 0) is 12.8 Å². The third kappa shape index (κ3) is 1.57. The van der Waals surface area contributed by atoms with Gasteiger partial charge in [-0.05, 0) is 38.2 Å². The Morgan fingerprint density at radius 2 is 2.00 bits per heavy atom. The van der Waals surface area contributed by atoms with Gasteiger partial charge in [0.25, 0.3) is 0 Å². The molecule has 0 saturated carbocycles. The van der Waals surface area contributed by atoms with E-state index in [1.54, 1.807) is 18.3 Å². The Kier molecular flexibility index (Phi) is 2.59. The molecule has 0 fully saturated rings. The molecule has 14 heavy (non-hydrogen) atoms. The molecular formula is C11H15NOS. The summed E-state index contributed by atoms with van der Waals surface area (Å²) in [6, 6.07) is 0. The van der Waals surface area contributed by atoms with Gasteiger partial charge in [0, 0.05) is 4.88 Å². The summed E-state index contributed by atoms with van der Waals surface area (Å²) in [5, 5.41) is 0.726. The number of Topliss-reactive ketones (excluding diaryl/α,β-unsaturated/α-hetero) is 1. The van der Waals surface area contributed by atoms with Crippen molar-refractivity contribution in [3.05, 3.63) is 16.0 Å². The van der Waals surface area contributed by atoms with Gasteiger partial charge in [0.1, 0.15) is 0 Å². The molecule has 1 aromatic heterocycles. The number of anilines is 1. The predicted molar refractivity (Wildman–Crippen MR) is 60.0 cm³/mol. The number of carbonyl (C=O) groups is 1. The standard InChI is InChI=1S/C11H15NOS/c1-7(13)10-8-5-3-2-4-6-9(8)14-11(10)12/h2-6,12H2,1H3. The molecule has 1 aliphatic carbocycles. The Morgan fingerprint density at radius 3 is 2.71 bits per heavy atom. The Balaban J connectivity index is 2.49. The van der Waals surface area contributed by atoms with Crippen molar-refractivity contribution in [1.29, 1.82) is 0 Å². The molecule has 0 unspecified atom stereocenters. The first-order chi connectivity index (χ1) is 6.70. The van der Waals surface area contributed by atoms with Crippen LogP contribution in [-0.4, -0.2) is 5.78 Å². The Morgan fingerprint density at radius 1 is 1.29 bits per heavy atom. The van der Waals surface area contributed by atoms with Gasteiger partial charge in [-0.3, -0.25) is 4.79 Å². The number of hydrogen-bond acceptors (Lipinski definition) is 3. The Labute approximate surface area is 88.1 Å². The maximum absolute atomic E-state index is 11.4. The van der Waals surface area contributed by atoms with E-state index in [4.69, 9.17) is 5.73 Å². The van der Waals surface area contributed by atoms with Crippen molar-refractivity contribution in [3.8, 4) is 0 Å². The molecular weight excluding hydrogens is 194 g/mol. The number of nitrogen functional groups attached to an aromatic ring is 1. The molecule has 0 radical (unpaired) electrons. The first-order valence-electron chi connectivity index (χ1n) is 5.11. The minimum atomic E-state index is 0.127. The number of ketones is 1. The van der Waals surface area contributed by atoms with Crippen LogP contribution in [0.5, 0.6) is 0 Å². The van der Waals surface area contributed by atoms with Gasteiger partial charge in [0.05, 0.1) is 10.6 Å². The van der Waals surface area contributed by atoms with Crippen molar-refractivity contribution in [2.45, 2.75) is 39.0 Å². The SMILES string of the molecule is CC(=O)c1c(N)sc2c1CCCCC2. The second-order valence-electron chi connectivity index (χ2n) is 3.86. The second-order valence-corrected chi connectivity index (χ2v) is 5.00. The Bertz CT molecular complexity index is 368.